The number of carbonyl (C=O) groups is 2. The molecule has 0 saturated carbocycles. The summed E-state index contributed by atoms with van der Waals surface area (Å²) >= 11 is 0. The minimum atomic E-state index is -0.629. The molecule has 0 spiro atoms. The fraction of sp³-hybridized carbons (Fsp3) is 0.533. The van der Waals surface area contributed by atoms with E-state index in [1.54, 1.807) is 12.1 Å². The predicted molar refractivity (Wildman–Crippen MR) is 81.5 cm³/mol. The number of nitrogens with zero attached hydrogens (tertiary/aromatic N) is 2. The monoisotopic (exact) mass is 307 g/mol. The molecule has 0 aliphatic carbocycles. The van der Waals surface area contributed by atoms with Crippen LogP contribution in [-0.4, -0.2) is 36.1 Å². The Morgan fingerprint density at radius 1 is 1.50 bits per heavy atom. The van der Waals surface area contributed by atoms with Gasteiger partial charge >= 0.3 is 5.97 Å². The van der Waals surface area contributed by atoms with E-state index in [1.165, 1.54) is 4.90 Å². The molecule has 1 atom stereocenters. The van der Waals surface area contributed by atoms with Gasteiger partial charge in [0.05, 0.1) is 6.61 Å². The maximum atomic E-state index is 12.4. The molecule has 1 amide bonds. The number of hydrogen-bond acceptors (Lipinski definition) is 6. The first-order valence-electron chi connectivity index (χ1n) is 7.32. The van der Waals surface area contributed by atoms with Crippen molar-refractivity contribution in [3.05, 3.63) is 12.1 Å². The Morgan fingerprint density at radius 3 is 2.86 bits per heavy atom. The van der Waals surface area contributed by atoms with Crippen LogP contribution in [0.2, 0.25) is 0 Å². The first kappa shape index (κ1) is 16.1. The Balaban J connectivity index is 2.22. The van der Waals surface area contributed by atoms with Gasteiger partial charge in [0.1, 0.15) is 12.4 Å². The average molecular weight is 307 g/mol. The quantitative estimate of drug-likeness (QED) is 0.825. The Bertz CT molecular complexity index is 574. The van der Waals surface area contributed by atoms with E-state index in [9.17, 15) is 9.59 Å². The summed E-state index contributed by atoms with van der Waals surface area (Å²) in [5.74, 6) is 0.400. The molecule has 2 N–H and O–H groups in total. The summed E-state index contributed by atoms with van der Waals surface area (Å²) in [6.45, 7) is 5.84. The number of pyridine rings is 1. The van der Waals surface area contributed by atoms with Crippen molar-refractivity contribution < 1.29 is 19.1 Å². The summed E-state index contributed by atoms with van der Waals surface area (Å²) in [6, 6.07) is 3.25. The number of esters is 1. The van der Waals surface area contributed by atoms with Gasteiger partial charge in [0, 0.05) is 0 Å². The van der Waals surface area contributed by atoms with E-state index in [-0.39, 0.29) is 30.0 Å². The zero-order valence-electron chi connectivity index (χ0n) is 13.0. The van der Waals surface area contributed by atoms with Gasteiger partial charge in [-0.15, -0.1) is 0 Å². The third-order valence-electron chi connectivity index (χ3n) is 3.16. The summed E-state index contributed by atoms with van der Waals surface area (Å²) in [5.41, 5.74) is 5.67. The maximum absolute atomic E-state index is 12.4. The zero-order valence-corrected chi connectivity index (χ0v) is 13.0. The summed E-state index contributed by atoms with van der Waals surface area (Å²) < 4.78 is 10.7. The van der Waals surface area contributed by atoms with Crippen molar-refractivity contribution in [3.63, 3.8) is 0 Å². The van der Waals surface area contributed by atoms with Crippen LogP contribution in [0.5, 0.6) is 5.75 Å². The molecule has 120 valence electrons. The third kappa shape index (κ3) is 3.47. The SMILES string of the molecule is CCC1Oc2ccc(N)nc2N(CC(=O)OCC(C)C)C1=O. The molecule has 1 aromatic heterocycles. The molecule has 1 unspecified atom stereocenters. The fourth-order valence-electron chi connectivity index (χ4n) is 2.06. The number of aromatic nitrogens is 1. The number of amides is 1. The molecule has 22 heavy (non-hydrogen) atoms. The standard InChI is InChI=1S/C15H21N3O4/c1-4-10-15(20)18(7-13(19)21-8-9(2)3)14-11(22-10)5-6-12(16)17-14/h5-6,9-10H,4,7-8H2,1-3H3,(H2,16,17). The molecular formula is C15H21N3O4. The highest BCUT2D eigenvalue weighted by molar-refractivity contribution is 6.02. The van der Waals surface area contributed by atoms with Crippen molar-refractivity contribution in [2.24, 2.45) is 5.92 Å². The van der Waals surface area contributed by atoms with Gasteiger partial charge in [-0.05, 0) is 24.5 Å². The van der Waals surface area contributed by atoms with Crippen molar-refractivity contribution in [2.75, 3.05) is 23.8 Å². The first-order valence-corrected chi connectivity index (χ1v) is 7.32. The Kier molecular flexibility index (Phi) is 4.85. The largest absolute Gasteiger partial charge is 0.477 e. The smallest absolute Gasteiger partial charge is 0.326 e. The van der Waals surface area contributed by atoms with E-state index in [1.807, 2.05) is 20.8 Å². The Labute approximate surface area is 129 Å². The summed E-state index contributed by atoms with van der Waals surface area (Å²) in [7, 11) is 0. The topological polar surface area (TPSA) is 94.8 Å². The van der Waals surface area contributed by atoms with E-state index < -0.39 is 12.1 Å². The lowest BCUT2D eigenvalue weighted by atomic mass is 10.2. The van der Waals surface area contributed by atoms with Crippen LogP contribution in [-0.2, 0) is 14.3 Å². The van der Waals surface area contributed by atoms with E-state index in [0.29, 0.717) is 18.8 Å². The number of hydrogen-bond donors (Lipinski definition) is 1. The highest BCUT2D eigenvalue weighted by Crippen LogP contribution is 2.33. The van der Waals surface area contributed by atoms with Crippen LogP contribution >= 0.6 is 0 Å². The predicted octanol–water partition coefficient (Wildman–Crippen LogP) is 1.37. The summed E-state index contributed by atoms with van der Waals surface area (Å²) in [4.78, 5) is 29.7. The van der Waals surface area contributed by atoms with Gasteiger partial charge in [0.25, 0.3) is 5.91 Å². The number of anilines is 2. The van der Waals surface area contributed by atoms with E-state index in [4.69, 9.17) is 15.2 Å². The molecular weight excluding hydrogens is 286 g/mol. The lowest BCUT2D eigenvalue weighted by Crippen LogP contribution is -2.48. The minimum Gasteiger partial charge on any atom is -0.477 e. The summed E-state index contributed by atoms with van der Waals surface area (Å²) in [6.07, 6.45) is -0.129. The molecule has 7 heteroatoms. The Hall–Kier alpha value is -2.31. The second-order valence-corrected chi connectivity index (χ2v) is 5.57. The molecule has 2 rings (SSSR count). The molecule has 7 nitrogen and oxygen atoms in total. The lowest BCUT2D eigenvalue weighted by Gasteiger charge is -2.32. The van der Waals surface area contributed by atoms with Crippen molar-refractivity contribution in [2.45, 2.75) is 33.3 Å². The molecule has 0 saturated heterocycles. The van der Waals surface area contributed by atoms with Gasteiger partial charge < -0.3 is 15.2 Å². The van der Waals surface area contributed by atoms with Gasteiger partial charge in [0.15, 0.2) is 17.7 Å². The number of fused-ring (bicyclic) bond motifs is 1. The van der Waals surface area contributed by atoms with Crippen molar-refractivity contribution >= 4 is 23.5 Å². The zero-order chi connectivity index (χ0) is 16.3. The number of nitrogen functional groups attached to an aromatic ring is 1. The van der Waals surface area contributed by atoms with Crippen LogP contribution in [0.15, 0.2) is 12.1 Å². The Morgan fingerprint density at radius 2 is 2.23 bits per heavy atom. The molecule has 1 aliphatic heterocycles. The van der Waals surface area contributed by atoms with Crippen LogP contribution in [0.3, 0.4) is 0 Å². The van der Waals surface area contributed by atoms with E-state index in [0.717, 1.165) is 0 Å². The average Bonchev–Trinajstić information content (AvgIpc) is 2.48. The number of nitrogens with two attached hydrogens (primary N) is 1. The van der Waals surface area contributed by atoms with Crippen LogP contribution in [0.4, 0.5) is 11.6 Å². The maximum Gasteiger partial charge on any atom is 0.326 e. The number of ether oxygens (including phenoxy) is 2. The first-order chi connectivity index (χ1) is 10.4. The normalized spacial score (nSPS) is 17.2. The number of carbonyl (C=O) groups excluding carboxylic acids is 2. The van der Waals surface area contributed by atoms with E-state index in [2.05, 4.69) is 4.98 Å². The molecule has 0 radical (unpaired) electrons. The summed E-state index contributed by atoms with van der Waals surface area (Å²) in [5, 5.41) is 0. The minimum absolute atomic E-state index is 0.200. The molecule has 1 aliphatic rings. The van der Waals surface area contributed by atoms with Crippen LogP contribution in [0.25, 0.3) is 0 Å². The van der Waals surface area contributed by atoms with Gasteiger partial charge in [-0.3, -0.25) is 14.5 Å². The van der Waals surface area contributed by atoms with Gasteiger partial charge in [-0.1, -0.05) is 20.8 Å². The molecule has 0 aromatic carbocycles. The van der Waals surface area contributed by atoms with Gasteiger partial charge in [0.2, 0.25) is 0 Å². The van der Waals surface area contributed by atoms with Crippen molar-refractivity contribution in [3.8, 4) is 5.75 Å². The molecule has 0 bridgehead atoms. The van der Waals surface area contributed by atoms with Crippen molar-refractivity contribution in [1.29, 1.82) is 0 Å². The molecule has 0 fully saturated rings. The van der Waals surface area contributed by atoms with Gasteiger partial charge in [-0.2, -0.15) is 0 Å². The third-order valence-corrected chi connectivity index (χ3v) is 3.16. The van der Waals surface area contributed by atoms with Crippen molar-refractivity contribution in [1.82, 2.24) is 4.98 Å². The fourth-order valence-corrected chi connectivity index (χ4v) is 2.06. The molecule has 2 heterocycles. The van der Waals surface area contributed by atoms with Crippen LogP contribution < -0.4 is 15.4 Å². The van der Waals surface area contributed by atoms with Crippen LogP contribution in [0, 0.1) is 5.92 Å². The molecule has 1 aromatic rings. The van der Waals surface area contributed by atoms with E-state index >= 15 is 0 Å². The highest BCUT2D eigenvalue weighted by atomic mass is 16.5. The van der Waals surface area contributed by atoms with Crippen LogP contribution in [0.1, 0.15) is 27.2 Å². The second-order valence-electron chi connectivity index (χ2n) is 5.57. The number of rotatable bonds is 5. The highest BCUT2D eigenvalue weighted by Gasteiger charge is 2.36. The lowest BCUT2D eigenvalue weighted by molar-refractivity contribution is -0.144. The van der Waals surface area contributed by atoms with Gasteiger partial charge in [-0.25, -0.2) is 4.98 Å². The second kappa shape index (κ2) is 6.64.